The lowest BCUT2D eigenvalue weighted by Crippen LogP contribution is -2.31. The highest BCUT2D eigenvalue weighted by atomic mass is 33.1. The Labute approximate surface area is 530 Å². The molecule has 0 amide bonds. The third-order valence-electron chi connectivity index (χ3n) is 12.3. The van der Waals surface area contributed by atoms with Crippen molar-refractivity contribution in [2.75, 3.05) is 24.3 Å². The highest BCUT2D eigenvalue weighted by Gasteiger charge is 2.47. The molecule has 91 heavy (non-hydrogen) atoms. The molecule has 6 heterocycles. The summed E-state index contributed by atoms with van der Waals surface area (Å²) in [6.07, 6.45) is -5.20. The topological polar surface area (TPSA) is 536 Å². The van der Waals surface area contributed by atoms with Crippen LogP contribution in [0.25, 0.3) is 22.3 Å². The molecule has 0 aliphatic carbocycles. The van der Waals surface area contributed by atoms with Crippen LogP contribution < -0.4 is 16.6 Å². The lowest BCUT2D eigenvalue weighted by Gasteiger charge is -2.23. The Hall–Kier alpha value is -3.98. The number of phosphoric ester groups is 2. The number of phosphoric acid groups is 6. The molecule has 2 fully saturated rings. The summed E-state index contributed by atoms with van der Waals surface area (Å²) in [5.41, 5.74) is 6.30. The molecule has 47 heteroatoms. The van der Waals surface area contributed by atoms with E-state index in [1.54, 1.807) is 48.0 Å². The first-order valence-electron chi connectivity index (χ1n) is 26.2. The molecule has 12 N–H and O–H groups in total. The largest absolute Gasteiger partial charge is 0.490 e. The minimum absolute atomic E-state index is 0.0489. The van der Waals surface area contributed by atoms with Crippen LogP contribution in [0.4, 0.5) is 17.5 Å². The Morgan fingerprint density at radius 1 is 0.637 bits per heavy atom. The maximum Gasteiger partial charge on any atom is 0.490 e. The molecule has 2 aliphatic heterocycles. The van der Waals surface area contributed by atoms with E-state index in [0.29, 0.717) is 11.1 Å². The number of imidazole rings is 2. The van der Waals surface area contributed by atoms with Crippen molar-refractivity contribution in [3.63, 3.8) is 0 Å². The highest BCUT2D eigenvalue weighted by Crippen LogP contribution is 2.68. The first-order chi connectivity index (χ1) is 42.4. The van der Waals surface area contributed by atoms with Gasteiger partial charge in [0.2, 0.25) is 5.95 Å². The molecular formula is C44H58N10O27P6S4. The van der Waals surface area contributed by atoms with Gasteiger partial charge in [-0.1, -0.05) is 95.1 Å². The normalized spacial score (nSPS) is 22.3. The second-order valence-electron chi connectivity index (χ2n) is 20.0. The van der Waals surface area contributed by atoms with Gasteiger partial charge in [0.05, 0.1) is 37.0 Å². The Kier molecular flexibility index (Phi) is 23.7. The summed E-state index contributed by atoms with van der Waals surface area (Å²) < 4.78 is 125. The summed E-state index contributed by atoms with van der Waals surface area (Å²) >= 11 is 0. The number of rotatable bonds is 30. The maximum atomic E-state index is 14.8. The van der Waals surface area contributed by atoms with Gasteiger partial charge in [-0.25, -0.2) is 56.9 Å². The zero-order chi connectivity index (χ0) is 66.8. The Balaban J connectivity index is 1.09. The van der Waals surface area contributed by atoms with Gasteiger partial charge >= 0.3 is 58.9 Å². The number of carbonyl (C=O) groups is 2. The zero-order valence-corrected chi connectivity index (χ0v) is 56.4. The highest BCUT2D eigenvalue weighted by molar-refractivity contribution is 8.77. The molecule has 6 unspecified atom stereocenters. The summed E-state index contributed by atoms with van der Waals surface area (Å²) in [5.74, 6) is -2.11. The molecule has 2 aliphatic rings. The first kappa shape index (κ1) is 72.8. The van der Waals surface area contributed by atoms with E-state index in [0.717, 1.165) is 12.7 Å². The first-order valence-corrected chi connectivity index (χ1v) is 39.8. The number of aromatic nitrogens is 8. The number of esters is 2. The van der Waals surface area contributed by atoms with E-state index >= 15 is 0 Å². The quantitative estimate of drug-likeness (QED) is 0.0115. The average molecular weight is 1470 g/mol. The van der Waals surface area contributed by atoms with Crippen molar-refractivity contribution >= 4 is 142 Å². The molecule has 0 saturated carbocycles. The molecule has 4 aromatic heterocycles. The number of hydrogen-bond acceptors (Lipinski definition) is 30. The molecule has 37 nitrogen and oxygen atoms in total. The third kappa shape index (κ3) is 19.8. The number of ether oxygens (including phenoxy) is 4. The second kappa shape index (κ2) is 29.6. The average Bonchev–Trinajstić information content (AvgIpc) is 1.67. The van der Waals surface area contributed by atoms with E-state index in [-0.39, 0.29) is 79.5 Å². The van der Waals surface area contributed by atoms with Gasteiger partial charge < -0.3 is 69.1 Å². The van der Waals surface area contributed by atoms with E-state index in [2.05, 4.69) is 52.5 Å². The molecule has 0 bridgehead atoms. The van der Waals surface area contributed by atoms with Crippen LogP contribution in [0.2, 0.25) is 0 Å². The van der Waals surface area contributed by atoms with Crippen LogP contribution in [0.15, 0.2) is 66.2 Å². The predicted molar refractivity (Wildman–Crippen MR) is 327 cm³/mol. The smallest absolute Gasteiger partial charge is 0.456 e. The van der Waals surface area contributed by atoms with Gasteiger partial charge in [-0.05, 0) is 37.6 Å². The van der Waals surface area contributed by atoms with E-state index in [1.807, 2.05) is 34.6 Å². The summed E-state index contributed by atoms with van der Waals surface area (Å²) in [7, 11) is -29.0. The van der Waals surface area contributed by atoms with E-state index < -0.39 is 120 Å². The number of benzene rings is 2. The molecule has 8 rings (SSSR count). The van der Waals surface area contributed by atoms with Gasteiger partial charge in [-0.2, -0.15) is 22.2 Å². The molecule has 2 aromatic carbocycles. The van der Waals surface area contributed by atoms with Gasteiger partial charge in [0, 0.05) is 45.1 Å². The Morgan fingerprint density at radius 2 is 1.13 bits per heavy atom. The van der Waals surface area contributed by atoms with Gasteiger partial charge in [0.1, 0.15) is 43.2 Å². The predicted octanol–water partition coefficient (Wildman–Crippen LogP) is 8.00. The number of nitrogens with one attached hydrogen (secondary N) is 2. The fraction of sp³-hybridized carbons (Fsp3) is 0.455. The summed E-state index contributed by atoms with van der Waals surface area (Å²) in [4.78, 5) is 142. The molecule has 12 atom stereocenters. The van der Waals surface area contributed by atoms with Crippen molar-refractivity contribution in [3.8, 4) is 0 Å². The van der Waals surface area contributed by atoms with E-state index in [1.165, 1.54) is 60.0 Å². The van der Waals surface area contributed by atoms with Gasteiger partial charge in [-0.15, -0.1) is 0 Å². The maximum absolute atomic E-state index is 14.8. The fourth-order valence-corrected chi connectivity index (χ4v) is 19.3. The van der Waals surface area contributed by atoms with E-state index in [9.17, 15) is 61.3 Å². The van der Waals surface area contributed by atoms with Crippen LogP contribution in [-0.2, 0) is 72.6 Å². The molecule has 2 saturated heterocycles. The number of nitrogens with zero attached hydrogens (tertiary/aromatic N) is 7. The monoisotopic (exact) mass is 1470 g/mol. The number of anilines is 3. The molecule has 0 radical (unpaired) electrons. The van der Waals surface area contributed by atoms with Crippen molar-refractivity contribution in [2.45, 2.75) is 112 Å². The molecule has 0 spiro atoms. The second-order valence-corrected chi connectivity index (χ2v) is 35.2. The number of fused-ring (bicyclic) bond motifs is 2. The Bertz CT molecular complexity index is 4030. The minimum atomic E-state index is -5.97. The van der Waals surface area contributed by atoms with Crippen molar-refractivity contribution in [2.24, 2.45) is 0 Å². The van der Waals surface area contributed by atoms with E-state index in [4.69, 9.17) is 53.3 Å². The summed E-state index contributed by atoms with van der Waals surface area (Å²) in [6, 6.07) is 11.2. The van der Waals surface area contributed by atoms with Crippen LogP contribution in [-0.4, -0.2) is 138 Å². The molecule has 6 aromatic rings. The van der Waals surface area contributed by atoms with Crippen LogP contribution in [0, 0.1) is 0 Å². The number of carbonyl (C=O) groups excluding carboxylic acids is 2. The van der Waals surface area contributed by atoms with Gasteiger partial charge in [0.25, 0.3) is 5.56 Å². The van der Waals surface area contributed by atoms with Crippen LogP contribution in [0.5, 0.6) is 0 Å². The van der Waals surface area contributed by atoms with Crippen LogP contribution >= 0.6 is 90.1 Å². The number of H-pyrrole nitrogens is 1. The lowest BCUT2D eigenvalue weighted by molar-refractivity contribution is -0.0492. The summed E-state index contributed by atoms with van der Waals surface area (Å²) in [6.45, 7) is 9.49. The minimum Gasteiger partial charge on any atom is -0.456 e. The van der Waals surface area contributed by atoms with Crippen molar-refractivity contribution in [3.05, 3.63) is 94.1 Å². The zero-order valence-electron chi connectivity index (χ0n) is 47.7. The summed E-state index contributed by atoms with van der Waals surface area (Å²) in [5, 5.41) is 2.76. The Morgan fingerprint density at radius 3 is 1.67 bits per heavy atom. The number of hydrogen-bond donors (Lipinski definition) is 11. The van der Waals surface area contributed by atoms with Gasteiger partial charge in [-0.3, -0.25) is 28.0 Å². The van der Waals surface area contributed by atoms with Crippen molar-refractivity contribution in [1.82, 2.24) is 39.0 Å². The van der Waals surface area contributed by atoms with Crippen LogP contribution in [0.3, 0.4) is 0 Å². The van der Waals surface area contributed by atoms with Crippen LogP contribution in [0.1, 0.15) is 109 Å². The number of nitrogen functional groups attached to an aromatic ring is 1. The van der Waals surface area contributed by atoms with Crippen molar-refractivity contribution in [1.29, 1.82) is 0 Å². The van der Waals surface area contributed by atoms with Gasteiger partial charge in [0.15, 0.2) is 28.1 Å². The molecule has 500 valence electrons. The molecular weight excluding hydrogens is 1410 g/mol. The number of aromatic amines is 1. The fourth-order valence-electron chi connectivity index (χ4n) is 8.89. The SMILES string of the molecule is CC(C)SSC(C)c1ccccc1C(=O)O[C@@H]1C[C@H](n2cnc3c(Nc4cccc(C(=O)O[C@@H]5C[C@H](n6cnc7c(=O)[nH]c(N)nc76)O[C@@H]5COP(=O)(O)OP(=O)(O)OP(=O)(O)O)c4C(C)SSC(C)C)ncnc32)O[C@@H]1COP(=O)(O)OP(=O)(O)OP(=O)(O)O. The van der Waals surface area contributed by atoms with Crippen molar-refractivity contribution < 1.29 is 121 Å². The standard InChI is InChI=1S/C44H58N10O27P6S4/c1-21(2)88-90-23(5)25-10-7-8-11-26(25)42(56)76-29-14-33(74-31(29)16-72-84(64,65)80-86(68,69)78-82(58,59)60)53-19-48-36-38(46-18-47-39(36)53)50-28-13-9-12-27(35(28)24(6)91-89-22(3)4)43(57)77-30-15-34(54-20-49-37-40(54)51-44(45)52-41(37)55)75-32(30)17-73-85(66,67)81-87(70,71)79-83(61,62)63/h7-13,18-24,29-34H,14-17H2,1-6H3,(H,64,65)(H,66,67)(H,68,69)(H,70,71)(H,46,47,50)(H2,58,59,60)(H2,61,62,63)(H3,45,51,52,55)/t23?,24?,29-,30-,31-,32-,33-,34-/m1/s1. The third-order valence-corrected chi connectivity index (χ3v) is 26.7. The lowest BCUT2D eigenvalue weighted by atomic mass is 10.0. The number of nitrogens with two attached hydrogens (primary N) is 1.